The minimum atomic E-state index is -0.423. The van der Waals surface area contributed by atoms with Crippen LogP contribution in [-0.2, 0) is 4.74 Å². The van der Waals surface area contributed by atoms with E-state index in [-0.39, 0.29) is 23.9 Å². The Bertz CT molecular complexity index is 772. The lowest BCUT2D eigenvalue weighted by Crippen LogP contribution is -2.55. The highest BCUT2D eigenvalue weighted by Crippen LogP contribution is 2.22. The number of nitrogens with one attached hydrogen (secondary N) is 1. The molecule has 1 N–H and O–H groups in total. The topological polar surface area (TPSA) is 82.2 Å². The van der Waals surface area contributed by atoms with Crippen molar-refractivity contribution in [3.8, 4) is 0 Å². The van der Waals surface area contributed by atoms with Crippen LogP contribution in [0.5, 0.6) is 0 Å². The van der Waals surface area contributed by atoms with Gasteiger partial charge in [-0.1, -0.05) is 0 Å². The Balaban J connectivity index is 1.48. The molecule has 2 aliphatic heterocycles. The van der Waals surface area contributed by atoms with Crippen LogP contribution in [0.25, 0.3) is 0 Å². The number of halogens is 1. The second-order valence-electron chi connectivity index (χ2n) is 7.38. The number of ether oxygens (including phenoxy) is 1. The smallest absolute Gasteiger partial charge is 0.409 e. The Kier molecular flexibility index (Phi) is 6.56. The molecule has 2 aliphatic rings. The van der Waals surface area contributed by atoms with Crippen molar-refractivity contribution in [3.63, 3.8) is 0 Å². The van der Waals surface area contributed by atoms with E-state index < -0.39 is 5.82 Å². The Morgan fingerprint density at radius 3 is 2.24 bits per heavy atom. The van der Waals surface area contributed by atoms with Crippen LogP contribution in [0.1, 0.15) is 30.1 Å². The third-order valence-corrected chi connectivity index (χ3v) is 5.52. The van der Waals surface area contributed by atoms with Crippen molar-refractivity contribution in [1.82, 2.24) is 15.1 Å². The molecule has 0 spiro atoms. The molecule has 0 atom stereocenters. The van der Waals surface area contributed by atoms with Gasteiger partial charge in [-0.25, -0.2) is 14.0 Å². The second-order valence-corrected chi connectivity index (χ2v) is 7.38. The van der Waals surface area contributed by atoms with Crippen molar-refractivity contribution in [3.05, 3.63) is 29.6 Å². The standard InChI is InChI=1S/C20H27FN4O4/c1-14(26)15-3-4-18(17(21)13-15)23-9-11-24(12-10-23)19(27)22-16-5-7-25(8-6-16)20(28)29-2/h3-4,13,16H,5-12H2,1-2H3,(H,22,27). The van der Waals surface area contributed by atoms with Crippen molar-refractivity contribution >= 4 is 23.6 Å². The molecular weight excluding hydrogens is 379 g/mol. The van der Waals surface area contributed by atoms with Gasteiger partial charge in [-0.3, -0.25) is 4.79 Å². The third kappa shape index (κ3) is 4.96. The van der Waals surface area contributed by atoms with Crippen molar-refractivity contribution < 1.29 is 23.5 Å². The monoisotopic (exact) mass is 406 g/mol. The molecular formula is C20H27FN4O4. The zero-order valence-electron chi connectivity index (χ0n) is 16.8. The highest BCUT2D eigenvalue weighted by molar-refractivity contribution is 5.94. The first-order valence-electron chi connectivity index (χ1n) is 9.83. The zero-order chi connectivity index (χ0) is 21.0. The number of amides is 3. The van der Waals surface area contributed by atoms with Crippen LogP contribution in [0.2, 0.25) is 0 Å². The molecule has 3 amide bonds. The van der Waals surface area contributed by atoms with Gasteiger partial charge in [0.1, 0.15) is 5.82 Å². The highest BCUT2D eigenvalue weighted by atomic mass is 19.1. The SMILES string of the molecule is COC(=O)N1CCC(NC(=O)N2CCN(c3ccc(C(C)=O)cc3F)CC2)CC1. The molecule has 0 unspecified atom stereocenters. The van der Waals surface area contributed by atoms with Crippen LogP contribution in [0.15, 0.2) is 18.2 Å². The average Bonchev–Trinajstić information content (AvgIpc) is 2.73. The predicted molar refractivity (Wildman–Crippen MR) is 106 cm³/mol. The van der Waals surface area contributed by atoms with Gasteiger partial charge in [0.05, 0.1) is 12.8 Å². The van der Waals surface area contributed by atoms with Crippen LogP contribution in [0, 0.1) is 5.82 Å². The lowest BCUT2D eigenvalue weighted by molar-refractivity contribution is 0.101. The van der Waals surface area contributed by atoms with E-state index in [1.165, 1.54) is 20.1 Å². The van der Waals surface area contributed by atoms with Gasteiger partial charge in [0.15, 0.2) is 5.78 Å². The molecule has 2 heterocycles. The number of anilines is 1. The van der Waals surface area contributed by atoms with E-state index in [0.717, 1.165) is 0 Å². The molecule has 29 heavy (non-hydrogen) atoms. The van der Waals surface area contributed by atoms with Gasteiger partial charge < -0.3 is 24.8 Å². The number of piperazine rings is 1. The second kappa shape index (κ2) is 9.11. The van der Waals surface area contributed by atoms with Gasteiger partial charge >= 0.3 is 12.1 Å². The summed E-state index contributed by atoms with van der Waals surface area (Å²) in [6, 6.07) is 4.40. The van der Waals surface area contributed by atoms with Crippen LogP contribution in [-0.4, -0.2) is 80.1 Å². The summed E-state index contributed by atoms with van der Waals surface area (Å²) in [5.41, 5.74) is 0.799. The fourth-order valence-electron chi connectivity index (χ4n) is 3.73. The maximum atomic E-state index is 14.4. The largest absolute Gasteiger partial charge is 0.453 e. The number of carbonyl (C=O) groups is 3. The fourth-order valence-corrected chi connectivity index (χ4v) is 3.73. The van der Waals surface area contributed by atoms with E-state index in [1.807, 2.05) is 4.90 Å². The van der Waals surface area contributed by atoms with Gasteiger partial charge in [-0.05, 0) is 38.0 Å². The average molecular weight is 406 g/mol. The molecule has 3 rings (SSSR count). The van der Waals surface area contributed by atoms with Gasteiger partial charge in [0.2, 0.25) is 0 Å². The Morgan fingerprint density at radius 2 is 1.69 bits per heavy atom. The number of rotatable bonds is 3. The minimum Gasteiger partial charge on any atom is -0.453 e. The lowest BCUT2D eigenvalue weighted by atomic mass is 10.1. The highest BCUT2D eigenvalue weighted by Gasteiger charge is 2.27. The summed E-state index contributed by atoms with van der Waals surface area (Å²) in [5, 5.41) is 3.03. The summed E-state index contributed by atoms with van der Waals surface area (Å²) in [4.78, 5) is 40.7. The van der Waals surface area contributed by atoms with E-state index in [4.69, 9.17) is 4.74 Å². The molecule has 0 aromatic heterocycles. The molecule has 0 aliphatic carbocycles. The van der Waals surface area contributed by atoms with Crippen LogP contribution < -0.4 is 10.2 Å². The number of likely N-dealkylation sites (tertiary alicyclic amines) is 1. The summed E-state index contributed by atoms with van der Waals surface area (Å²) in [6.07, 6.45) is 1.04. The molecule has 2 saturated heterocycles. The molecule has 0 bridgehead atoms. The molecule has 158 valence electrons. The van der Waals surface area contributed by atoms with Crippen molar-refractivity contribution in [2.24, 2.45) is 0 Å². The number of methoxy groups -OCH3 is 1. The quantitative estimate of drug-likeness (QED) is 0.778. The van der Waals surface area contributed by atoms with E-state index in [9.17, 15) is 18.8 Å². The van der Waals surface area contributed by atoms with E-state index in [0.29, 0.717) is 63.4 Å². The molecule has 0 saturated carbocycles. The number of benzene rings is 1. The Hall–Kier alpha value is -2.84. The van der Waals surface area contributed by atoms with Crippen molar-refractivity contribution in [2.45, 2.75) is 25.8 Å². The molecule has 1 aromatic rings. The first kappa shape index (κ1) is 20.9. The van der Waals surface area contributed by atoms with Crippen LogP contribution in [0.3, 0.4) is 0 Å². The lowest BCUT2D eigenvalue weighted by Gasteiger charge is -2.38. The molecule has 0 radical (unpaired) electrons. The Morgan fingerprint density at radius 1 is 1.03 bits per heavy atom. The van der Waals surface area contributed by atoms with E-state index in [2.05, 4.69) is 5.32 Å². The Labute approximate surface area is 169 Å². The van der Waals surface area contributed by atoms with Crippen LogP contribution >= 0.6 is 0 Å². The summed E-state index contributed by atoms with van der Waals surface area (Å²) in [5.74, 6) is -0.595. The number of Topliss-reactive ketones (excluding diaryl/α,β-unsaturated/α-hetero) is 1. The third-order valence-electron chi connectivity index (χ3n) is 5.52. The van der Waals surface area contributed by atoms with Gasteiger partial charge in [0, 0.05) is 50.9 Å². The fraction of sp³-hybridized carbons (Fsp3) is 0.550. The maximum absolute atomic E-state index is 14.4. The first-order chi connectivity index (χ1) is 13.9. The number of hydrogen-bond donors (Lipinski definition) is 1. The molecule has 9 heteroatoms. The van der Waals surface area contributed by atoms with Crippen molar-refractivity contribution in [2.75, 3.05) is 51.3 Å². The van der Waals surface area contributed by atoms with Gasteiger partial charge in [-0.2, -0.15) is 0 Å². The number of piperidine rings is 1. The number of carbonyl (C=O) groups excluding carboxylic acids is 3. The molecule has 2 fully saturated rings. The molecule has 8 nitrogen and oxygen atoms in total. The van der Waals surface area contributed by atoms with Crippen molar-refractivity contribution in [1.29, 1.82) is 0 Å². The number of nitrogens with zero attached hydrogens (tertiary/aromatic N) is 3. The van der Waals surface area contributed by atoms with Gasteiger partial charge in [0.25, 0.3) is 0 Å². The number of hydrogen-bond acceptors (Lipinski definition) is 5. The first-order valence-corrected chi connectivity index (χ1v) is 9.83. The maximum Gasteiger partial charge on any atom is 0.409 e. The van der Waals surface area contributed by atoms with E-state index >= 15 is 0 Å². The number of urea groups is 1. The van der Waals surface area contributed by atoms with Gasteiger partial charge in [-0.15, -0.1) is 0 Å². The number of ketones is 1. The van der Waals surface area contributed by atoms with E-state index in [1.54, 1.807) is 21.9 Å². The summed E-state index contributed by atoms with van der Waals surface area (Å²) >= 11 is 0. The van der Waals surface area contributed by atoms with Crippen LogP contribution in [0.4, 0.5) is 19.7 Å². The minimum absolute atomic E-state index is 0.0259. The zero-order valence-corrected chi connectivity index (χ0v) is 16.8. The molecule has 1 aromatic carbocycles. The summed E-state index contributed by atoms with van der Waals surface area (Å²) < 4.78 is 19.1. The summed E-state index contributed by atoms with van der Waals surface area (Å²) in [6.45, 7) is 4.53. The normalized spacial score (nSPS) is 17.8. The predicted octanol–water partition coefficient (Wildman–Crippen LogP) is 2.09. The summed E-state index contributed by atoms with van der Waals surface area (Å²) in [7, 11) is 1.36.